The van der Waals surface area contributed by atoms with Crippen molar-refractivity contribution in [1.29, 1.82) is 0 Å². The topological polar surface area (TPSA) is 118 Å². The van der Waals surface area contributed by atoms with E-state index >= 15 is 0 Å². The van der Waals surface area contributed by atoms with E-state index in [0.717, 1.165) is 46.1 Å². The maximum Gasteiger partial charge on any atom is 0.303 e. The molecule has 2 aromatic heterocycles. The van der Waals surface area contributed by atoms with Gasteiger partial charge in [-0.15, -0.1) is 0 Å². The molecule has 0 radical (unpaired) electrons. The van der Waals surface area contributed by atoms with Gasteiger partial charge in [0.05, 0.1) is 12.7 Å². The third kappa shape index (κ3) is 6.51. The minimum absolute atomic E-state index is 0.123. The summed E-state index contributed by atoms with van der Waals surface area (Å²) >= 11 is 0. The molecule has 1 saturated carbocycles. The summed E-state index contributed by atoms with van der Waals surface area (Å²) in [5.74, 6) is -0.642. The molecular weight excluding hydrogens is 518 g/mol. The summed E-state index contributed by atoms with van der Waals surface area (Å²) in [5.41, 5.74) is 6.41. The van der Waals surface area contributed by atoms with Crippen LogP contribution in [0.25, 0.3) is 10.9 Å². The second-order valence-electron chi connectivity index (χ2n) is 11.0. The number of nitrogens with zero attached hydrogens (tertiary/aromatic N) is 3. The first-order chi connectivity index (χ1) is 19.7. The van der Waals surface area contributed by atoms with Gasteiger partial charge in [-0.2, -0.15) is 5.10 Å². The van der Waals surface area contributed by atoms with Crippen molar-refractivity contribution >= 4 is 34.4 Å². The molecule has 1 fully saturated rings. The highest BCUT2D eigenvalue weighted by Gasteiger charge is 2.29. The Morgan fingerprint density at radius 1 is 1.10 bits per heavy atom. The Morgan fingerprint density at radius 2 is 1.90 bits per heavy atom. The number of aliphatic carboxylic acids is 1. The van der Waals surface area contributed by atoms with Crippen molar-refractivity contribution in [1.82, 2.24) is 19.7 Å². The van der Waals surface area contributed by atoms with Crippen LogP contribution in [0.4, 0.5) is 5.69 Å². The van der Waals surface area contributed by atoms with Crippen LogP contribution in [0.5, 0.6) is 0 Å². The highest BCUT2D eigenvalue weighted by molar-refractivity contribution is 6.00. The average molecular weight is 556 g/mol. The van der Waals surface area contributed by atoms with Gasteiger partial charge in [0.1, 0.15) is 6.04 Å². The van der Waals surface area contributed by atoms with Gasteiger partial charge < -0.3 is 20.3 Å². The summed E-state index contributed by atoms with van der Waals surface area (Å²) in [4.78, 5) is 37.1. The normalized spacial score (nSPS) is 13.7. The molecule has 214 valence electrons. The zero-order chi connectivity index (χ0) is 29.1. The minimum Gasteiger partial charge on any atom is -0.481 e. The molecule has 3 N–H and O–H groups in total. The number of carboxylic acids is 1. The molecule has 1 aliphatic rings. The molecule has 2 aromatic carbocycles. The first-order valence-electron chi connectivity index (χ1n) is 14.2. The third-order valence-corrected chi connectivity index (χ3v) is 7.79. The molecule has 4 aromatic rings. The number of carboxylic acid groups (broad SMARTS) is 1. The molecule has 0 bridgehead atoms. The monoisotopic (exact) mass is 555 g/mol. The number of benzene rings is 2. The smallest absolute Gasteiger partial charge is 0.303 e. The summed E-state index contributed by atoms with van der Waals surface area (Å²) < 4.78 is 3.84. The number of hydrogen-bond donors (Lipinski definition) is 3. The van der Waals surface area contributed by atoms with Gasteiger partial charge in [-0.05, 0) is 92.3 Å². The van der Waals surface area contributed by atoms with E-state index in [1.54, 1.807) is 7.05 Å². The van der Waals surface area contributed by atoms with Crippen molar-refractivity contribution in [3.05, 3.63) is 82.8 Å². The number of carbonyl (C=O) groups excluding carboxylic acids is 2. The molecular formula is C32H37N5O4. The van der Waals surface area contributed by atoms with Crippen molar-refractivity contribution in [3.8, 4) is 0 Å². The summed E-state index contributed by atoms with van der Waals surface area (Å²) in [7, 11) is 1.61. The summed E-state index contributed by atoms with van der Waals surface area (Å²) in [6.45, 7) is 4.44. The van der Waals surface area contributed by atoms with Crippen molar-refractivity contribution in [3.63, 3.8) is 0 Å². The number of unbranched alkanes of at least 4 members (excludes halogenated alkanes) is 1. The van der Waals surface area contributed by atoms with E-state index in [1.807, 2.05) is 71.9 Å². The number of nitrogens with one attached hydrogen (secondary N) is 2. The average Bonchev–Trinajstić information content (AvgIpc) is 3.61. The van der Waals surface area contributed by atoms with Gasteiger partial charge in [-0.1, -0.05) is 18.2 Å². The number of anilines is 1. The molecule has 1 aliphatic carbocycles. The molecule has 9 nitrogen and oxygen atoms in total. The quantitative estimate of drug-likeness (QED) is 0.202. The second kappa shape index (κ2) is 12.0. The summed E-state index contributed by atoms with van der Waals surface area (Å²) in [6.07, 6.45) is 10.2. The van der Waals surface area contributed by atoms with E-state index < -0.39 is 12.0 Å². The number of aryl methyl sites for hydroxylation is 2. The highest BCUT2D eigenvalue weighted by atomic mass is 16.4. The molecule has 2 amide bonds. The summed E-state index contributed by atoms with van der Waals surface area (Å²) in [5, 5.41) is 20.3. The van der Waals surface area contributed by atoms with E-state index in [4.69, 9.17) is 5.11 Å². The van der Waals surface area contributed by atoms with Crippen LogP contribution in [-0.2, 0) is 22.6 Å². The molecule has 5 rings (SSSR count). The first kappa shape index (κ1) is 28.1. The Bertz CT molecular complexity index is 1600. The maximum absolute atomic E-state index is 13.8. The Labute approximate surface area is 239 Å². The SMILES string of the molecule is CNC(=O)c1ccc2c(C3CC3)cn(C(C)C(=O)Nc3cc(Cn4cc(C)cn4)ccc3CCCCC(=O)O)c2c1. The standard InChI is InChI=1S/C32H37N5O4/c1-20-16-34-36(17-20)18-22-8-9-24(6-4-5-7-30(38)39)28(14-22)35-31(40)21(2)37-19-27(23-10-11-23)26-13-12-25(15-29(26)37)32(41)33-3/h8-9,12-17,19,21,23H,4-7,10-11,18H2,1-3H3,(H,33,41)(H,35,40)(H,38,39). The summed E-state index contributed by atoms with van der Waals surface area (Å²) in [6, 6.07) is 11.2. The van der Waals surface area contributed by atoms with Crippen molar-refractivity contribution in [2.24, 2.45) is 0 Å². The Morgan fingerprint density at radius 3 is 2.59 bits per heavy atom. The first-order valence-corrected chi connectivity index (χ1v) is 14.2. The Hall–Kier alpha value is -4.40. The molecule has 0 spiro atoms. The van der Waals surface area contributed by atoms with Crippen LogP contribution >= 0.6 is 0 Å². The molecule has 9 heteroatoms. The lowest BCUT2D eigenvalue weighted by Gasteiger charge is -2.18. The number of hydrogen-bond acceptors (Lipinski definition) is 4. The van der Waals surface area contributed by atoms with Gasteiger partial charge in [0.15, 0.2) is 0 Å². The predicted molar refractivity (Wildman–Crippen MR) is 158 cm³/mol. The number of aromatic nitrogens is 3. The van der Waals surface area contributed by atoms with E-state index in [9.17, 15) is 14.4 Å². The van der Waals surface area contributed by atoms with E-state index in [2.05, 4.69) is 21.9 Å². The highest BCUT2D eigenvalue weighted by Crippen LogP contribution is 2.44. The molecule has 1 unspecified atom stereocenters. The molecule has 0 aliphatic heterocycles. The van der Waals surface area contributed by atoms with Crippen LogP contribution in [0, 0.1) is 6.92 Å². The molecule has 41 heavy (non-hydrogen) atoms. The van der Waals surface area contributed by atoms with E-state index in [-0.39, 0.29) is 18.2 Å². The van der Waals surface area contributed by atoms with E-state index in [0.29, 0.717) is 37.3 Å². The fourth-order valence-corrected chi connectivity index (χ4v) is 5.36. The largest absolute Gasteiger partial charge is 0.481 e. The van der Waals surface area contributed by atoms with Crippen LogP contribution in [0.15, 0.2) is 55.0 Å². The van der Waals surface area contributed by atoms with Crippen molar-refractivity contribution in [2.45, 2.75) is 70.9 Å². The lowest BCUT2D eigenvalue weighted by molar-refractivity contribution is -0.137. The van der Waals surface area contributed by atoms with Gasteiger partial charge in [0, 0.05) is 48.0 Å². The number of rotatable bonds is 12. The second-order valence-corrected chi connectivity index (χ2v) is 11.0. The number of fused-ring (bicyclic) bond motifs is 1. The lowest BCUT2D eigenvalue weighted by atomic mass is 10.0. The minimum atomic E-state index is -0.804. The zero-order valence-corrected chi connectivity index (χ0v) is 23.8. The van der Waals surface area contributed by atoms with Crippen LogP contribution in [0.1, 0.15) is 83.6 Å². The Kier molecular flexibility index (Phi) is 8.23. The van der Waals surface area contributed by atoms with E-state index in [1.165, 1.54) is 5.56 Å². The van der Waals surface area contributed by atoms with Crippen LogP contribution in [-0.4, -0.2) is 44.3 Å². The van der Waals surface area contributed by atoms with Gasteiger partial charge in [0.25, 0.3) is 5.91 Å². The van der Waals surface area contributed by atoms with Crippen molar-refractivity contribution < 1.29 is 19.5 Å². The van der Waals surface area contributed by atoms with Crippen LogP contribution in [0.2, 0.25) is 0 Å². The number of amides is 2. The van der Waals surface area contributed by atoms with Gasteiger partial charge in [-0.25, -0.2) is 0 Å². The van der Waals surface area contributed by atoms with Crippen molar-refractivity contribution in [2.75, 3.05) is 12.4 Å². The van der Waals surface area contributed by atoms with Crippen LogP contribution < -0.4 is 10.6 Å². The molecule has 2 heterocycles. The van der Waals surface area contributed by atoms with Gasteiger partial charge in [0.2, 0.25) is 5.91 Å². The molecule has 1 atom stereocenters. The third-order valence-electron chi connectivity index (χ3n) is 7.79. The Balaban J connectivity index is 1.42. The fourth-order valence-electron chi connectivity index (χ4n) is 5.36. The fraction of sp³-hybridized carbons (Fsp3) is 0.375. The lowest BCUT2D eigenvalue weighted by Crippen LogP contribution is -2.24. The number of carbonyl (C=O) groups is 3. The van der Waals surface area contributed by atoms with Gasteiger partial charge >= 0.3 is 5.97 Å². The van der Waals surface area contributed by atoms with Crippen LogP contribution in [0.3, 0.4) is 0 Å². The van der Waals surface area contributed by atoms with Gasteiger partial charge in [-0.3, -0.25) is 19.1 Å². The predicted octanol–water partition coefficient (Wildman–Crippen LogP) is 5.43. The maximum atomic E-state index is 13.8. The zero-order valence-electron chi connectivity index (χ0n) is 23.8. The molecule has 0 saturated heterocycles.